The van der Waals surface area contributed by atoms with Crippen LogP contribution in [-0.4, -0.2) is 43.8 Å². The predicted octanol–water partition coefficient (Wildman–Crippen LogP) is 6.49. The van der Waals surface area contributed by atoms with E-state index in [9.17, 15) is 22.4 Å². The zero-order chi connectivity index (χ0) is 31.9. The molecule has 0 bridgehead atoms. The van der Waals surface area contributed by atoms with E-state index >= 15 is 0 Å². The zero-order valence-corrected chi connectivity index (χ0v) is 26.5. The predicted molar refractivity (Wildman–Crippen MR) is 172 cm³/mol. The summed E-state index contributed by atoms with van der Waals surface area (Å²) in [5.41, 5.74) is 1.39. The first-order valence-electron chi connectivity index (χ1n) is 13.9. The maximum Gasteiger partial charge on any atom is 0.264 e. The first-order valence-corrected chi connectivity index (χ1v) is 16.1. The molecule has 0 aliphatic rings. The molecule has 4 aromatic rings. The summed E-state index contributed by atoms with van der Waals surface area (Å²) < 4.78 is 42.7. The summed E-state index contributed by atoms with van der Waals surface area (Å²) in [4.78, 5) is 29.3. The van der Waals surface area contributed by atoms with Crippen molar-refractivity contribution in [2.45, 2.75) is 43.8 Å². The molecule has 0 saturated heterocycles. The minimum Gasteiger partial charge on any atom is -0.352 e. The molecule has 4 rings (SSSR count). The smallest absolute Gasteiger partial charge is 0.264 e. The lowest BCUT2D eigenvalue weighted by Gasteiger charge is -2.34. The van der Waals surface area contributed by atoms with E-state index in [-0.39, 0.29) is 39.6 Å². The lowest BCUT2D eigenvalue weighted by molar-refractivity contribution is -0.140. The van der Waals surface area contributed by atoms with Crippen LogP contribution in [0.25, 0.3) is 0 Å². The van der Waals surface area contributed by atoms with Gasteiger partial charge in [-0.15, -0.1) is 0 Å². The Kier molecular flexibility index (Phi) is 11.0. The molecular weight excluding hydrogens is 624 g/mol. The normalized spacial score (nSPS) is 12.0. The molecule has 44 heavy (non-hydrogen) atoms. The van der Waals surface area contributed by atoms with Gasteiger partial charge >= 0.3 is 0 Å². The second-order valence-electron chi connectivity index (χ2n) is 10.4. The number of sulfonamides is 1. The second kappa shape index (κ2) is 14.7. The molecule has 11 heteroatoms. The lowest BCUT2D eigenvalue weighted by Crippen LogP contribution is -2.54. The highest BCUT2D eigenvalue weighted by Gasteiger charge is 2.35. The summed E-state index contributed by atoms with van der Waals surface area (Å²) in [6.07, 6.45) is 0.152. The van der Waals surface area contributed by atoms with Crippen molar-refractivity contribution < 1.29 is 22.4 Å². The summed E-state index contributed by atoms with van der Waals surface area (Å²) >= 11 is 12.6. The third kappa shape index (κ3) is 8.37. The van der Waals surface area contributed by atoms with E-state index < -0.39 is 40.2 Å². The quantitative estimate of drug-likeness (QED) is 0.189. The van der Waals surface area contributed by atoms with Crippen molar-refractivity contribution >= 4 is 50.7 Å². The van der Waals surface area contributed by atoms with Gasteiger partial charge in [0.15, 0.2) is 0 Å². The molecule has 1 unspecified atom stereocenters. The monoisotopic (exact) mass is 655 g/mol. The topological polar surface area (TPSA) is 86.8 Å². The molecular formula is C33H32Cl2FN3O4S. The molecule has 0 radical (unpaired) electrons. The molecule has 0 aliphatic heterocycles. The fourth-order valence-electron chi connectivity index (χ4n) is 4.64. The molecule has 1 atom stereocenters. The summed E-state index contributed by atoms with van der Waals surface area (Å²) in [6, 6.07) is 25.4. The highest BCUT2D eigenvalue weighted by atomic mass is 35.5. The number of carbonyl (C=O) groups excluding carboxylic acids is 2. The van der Waals surface area contributed by atoms with Gasteiger partial charge in [-0.25, -0.2) is 12.8 Å². The molecule has 1 N–H and O–H groups in total. The van der Waals surface area contributed by atoms with Crippen LogP contribution in [0.4, 0.5) is 10.1 Å². The van der Waals surface area contributed by atoms with Gasteiger partial charge in [0, 0.05) is 24.0 Å². The van der Waals surface area contributed by atoms with E-state index in [2.05, 4.69) is 5.32 Å². The number of halogens is 3. The maximum atomic E-state index is 14.4. The van der Waals surface area contributed by atoms with Crippen LogP contribution in [0.3, 0.4) is 0 Å². The lowest BCUT2D eigenvalue weighted by atomic mass is 10.0. The zero-order valence-electron chi connectivity index (χ0n) is 24.2. The van der Waals surface area contributed by atoms with Gasteiger partial charge < -0.3 is 10.2 Å². The standard InChI is InChI=1S/C33H32Cl2FN3O4S/c1-23(2)37-33(41)31(19-24-9-5-3-6-10-24)38(21-25-13-16-27(36)17-14-25)32(40)22-39(30-18-15-26(34)20-29(30)35)44(42,43)28-11-7-4-8-12-28/h3-18,20,23,31H,19,21-22H2,1-2H3,(H,37,41). The highest BCUT2D eigenvalue weighted by Crippen LogP contribution is 2.33. The van der Waals surface area contributed by atoms with E-state index in [1.165, 1.54) is 59.5 Å². The Morgan fingerprint density at radius 1 is 0.841 bits per heavy atom. The fourth-order valence-corrected chi connectivity index (χ4v) is 6.65. The van der Waals surface area contributed by atoms with Crippen molar-refractivity contribution in [3.05, 3.63) is 130 Å². The van der Waals surface area contributed by atoms with Crippen molar-refractivity contribution in [3.63, 3.8) is 0 Å². The van der Waals surface area contributed by atoms with Gasteiger partial charge in [0.05, 0.1) is 15.6 Å². The molecule has 0 spiro atoms. The van der Waals surface area contributed by atoms with E-state index in [1.54, 1.807) is 32.0 Å². The Balaban J connectivity index is 1.82. The van der Waals surface area contributed by atoms with Crippen molar-refractivity contribution in [2.75, 3.05) is 10.8 Å². The van der Waals surface area contributed by atoms with Crippen molar-refractivity contribution in [2.24, 2.45) is 0 Å². The third-order valence-electron chi connectivity index (χ3n) is 6.76. The Morgan fingerprint density at radius 2 is 1.45 bits per heavy atom. The summed E-state index contributed by atoms with van der Waals surface area (Å²) in [5.74, 6) is -1.54. The first-order chi connectivity index (χ1) is 21.0. The van der Waals surface area contributed by atoms with Gasteiger partial charge in [-0.05, 0) is 67.4 Å². The van der Waals surface area contributed by atoms with Crippen molar-refractivity contribution in [3.8, 4) is 0 Å². The second-order valence-corrected chi connectivity index (χ2v) is 13.1. The molecule has 0 heterocycles. The molecule has 7 nitrogen and oxygen atoms in total. The minimum absolute atomic E-state index is 0.0216. The molecule has 4 aromatic carbocycles. The largest absolute Gasteiger partial charge is 0.352 e. The van der Waals surface area contributed by atoms with Gasteiger partial charge in [-0.1, -0.05) is 83.9 Å². The van der Waals surface area contributed by atoms with Gasteiger partial charge in [0.1, 0.15) is 18.4 Å². The third-order valence-corrected chi connectivity index (χ3v) is 9.07. The average molecular weight is 657 g/mol. The number of rotatable bonds is 12. The number of nitrogens with one attached hydrogen (secondary N) is 1. The van der Waals surface area contributed by atoms with Gasteiger partial charge in [-0.3, -0.25) is 13.9 Å². The van der Waals surface area contributed by atoms with E-state index in [0.717, 1.165) is 9.87 Å². The number of carbonyl (C=O) groups is 2. The van der Waals surface area contributed by atoms with Crippen molar-refractivity contribution in [1.29, 1.82) is 0 Å². The van der Waals surface area contributed by atoms with Crippen LogP contribution in [0.2, 0.25) is 10.0 Å². The molecule has 230 valence electrons. The summed E-state index contributed by atoms with van der Waals surface area (Å²) in [6.45, 7) is 2.84. The molecule has 0 fully saturated rings. The molecule has 0 aliphatic carbocycles. The Labute approximate surface area is 267 Å². The van der Waals surface area contributed by atoms with Crippen LogP contribution in [0.1, 0.15) is 25.0 Å². The molecule has 0 aromatic heterocycles. The Hall–Kier alpha value is -3.92. The average Bonchev–Trinajstić information content (AvgIpc) is 2.99. The van der Waals surface area contributed by atoms with Crippen LogP contribution < -0.4 is 9.62 Å². The van der Waals surface area contributed by atoms with Crippen LogP contribution in [-0.2, 0) is 32.6 Å². The van der Waals surface area contributed by atoms with Crippen molar-refractivity contribution in [1.82, 2.24) is 10.2 Å². The van der Waals surface area contributed by atoms with E-state index in [1.807, 2.05) is 30.3 Å². The van der Waals surface area contributed by atoms with E-state index in [0.29, 0.717) is 5.56 Å². The first kappa shape index (κ1) is 33.0. The summed E-state index contributed by atoms with van der Waals surface area (Å²) in [7, 11) is -4.31. The Morgan fingerprint density at radius 3 is 2.05 bits per heavy atom. The fraction of sp³-hybridized carbons (Fsp3) is 0.212. The van der Waals surface area contributed by atoms with Gasteiger partial charge in [0.2, 0.25) is 11.8 Å². The maximum absolute atomic E-state index is 14.4. The minimum atomic E-state index is -4.31. The van der Waals surface area contributed by atoms with Crippen LogP contribution in [0.5, 0.6) is 0 Å². The van der Waals surface area contributed by atoms with Crippen LogP contribution >= 0.6 is 23.2 Å². The number of benzene rings is 4. The van der Waals surface area contributed by atoms with Gasteiger partial charge in [0.25, 0.3) is 10.0 Å². The molecule has 2 amide bonds. The van der Waals surface area contributed by atoms with E-state index in [4.69, 9.17) is 23.2 Å². The number of hydrogen-bond acceptors (Lipinski definition) is 4. The van der Waals surface area contributed by atoms with Gasteiger partial charge in [-0.2, -0.15) is 0 Å². The SMILES string of the molecule is CC(C)NC(=O)C(Cc1ccccc1)N(Cc1ccc(F)cc1)C(=O)CN(c1ccc(Cl)cc1Cl)S(=O)(=O)c1ccccc1. The van der Waals surface area contributed by atoms with Crippen LogP contribution in [0.15, 0.2) is 108 Å². The highest BCUT2D eigenvalue weighted by molar-refractivity contribution is 7.92. The van der Waals surface area contributed by atoms with Crippen LogP contribution in [0, 0.1) is 5.82 Å². The number of hydrogen-bond donors (Lipinski definition) is 1. The summed E-state index contributed by atoms with van der Waals surface area (Å²) in [5, 5.41) is 3.20. The number of amides is 2. The molecule has 0 saturated carbocycles. The number of anilines is 1. The Bertz CT molecular complexity index is 1690. The number of nitrogens with zero attached hydrogens (tertiary/aromatic N) is 2.